The summed E-state index contributed by atoms with van der Waals surface area (Å²) in [6.07, 6.45) is -1.25. The van der Waals surface area contributed by atoms with E-state index in [1.807, 2.05) is 5.32 Å². The Bertz CT molecular complexity index is 1140. The third kappa shape index (κ3) is 4.13. The van der Waals surface area contributed by atoms with E-state index in [-0.39, 0.29) is 11.1 Å². The Kier molecular flexibility index (Phi) is 5.68. The van der Waals surface area contributed by atoms with Gasteiger partial charge in [-0.05, 0) is 25.1 Å². The molecule has 0 bridgehead atoms. The van der Waals surface area contributed by atoms with Crippen LogP contribution in [0.3, 0.4) is 0 Å². The molecule has 3 amide bonds. The van der Waals surface area contributed by atoms with E-state index in [4.69, 9.17) is 4.74 Å². The van der Waals surface area contributed by atoms with E-state index in [0.29, 0.717) is 11.1 Å². The van der Waals surface area contributed by atoms with Crippen molar-refractivity contribution in [3.05, 3.63) is 70.6 Å². The zero-order chi connectivity index (χ0) is 21.0. The molecule has 3 rings (SSSR count). The van der Waals surface area contributed by atoms with Gasteiger partial charge in [-0.2, -0.15) is 9.78 Å². The highest BCUT2D eigenvalue weighted by Gasteiger charge is 2.24. The van der Waals surface area contributed by atoms with Gasteiger partial charge in [0.15, 0.2) is 11.8 Å². The minimum Gasteiger partial charge on any atom is -0.448 e. The molecule has 9 heteroatoms. The van der Waals surface area contributed by atoms with Gasteiger partial charge in [-0.25, -0.2) is 9.59 Å². The molecule has 1 aromatic heterocycles. The lowest BCUT2D eigenvalue weighted by Gasteiger charge is -2.14. The average Bonchev–Trinajstić information content (AvgIpc) is 2.74. The molecule has 1 unspecified atom stereocenters. The number of urea groups is 1. The first-order valence-electron chi connectivity index (χ1n) is 8.73. The van der Waals surface area contributed by atoms with Crippen LogP contribution in [0.5, 0.6) is 0 Å². The molecule has 3 aromatic rings. The van der Waals surface area contributed by atoms with Crippen LogP contribution in [-0.2, 0) is 9.53 Å². The minimum atomic E-state index is -1.25. The van der Waals surface area contributed by atoms with Crippen molar-refractivity contribution in [2.45, 2.75) is 13.0 Å². The number of rotatable bonds is 4. The molecule has 0 radical (unpaired) electrons. The Morgan fingerprint density at radius 2 is 1.62 bits per heavy atom. The Labute approximate surface area is 165 Å². The van der Waals surface area contributed by atoms with E-state index in [1.54, 1.807) is 54.6 Å². The summed E-state index contributed by atoms with van der Waals surface area (Å²) < 4.78 is 6.28. The molecule has 148 valence electrons. The maximum absolute atomic E-state index is 12.8. The van der Waals surface area contributed by atoms with Gasteiger partial charge in [0, 0.05) is 12.4 Å². The first-order valence-corrected chi connectivity index (χ1v) is 8.73. The number of hydrogen-bond acceptors (Lipinski definition) is 6. The van der Waals surface area contributed by atoms with Gasteiger partial charge in [-0.15, -0.1) is 0 Å². The summed E-state index contributed by atoms with van der Waals surface area (Å²) in [4.78, 5) is 48.8. The van der Waals surface area contributed by atoms with Crippen molar-refractivity contribution in [2.75, 3.05) is 7.05 Å². The number of ether oxygens (including phenoxy) is 1. The van der Waals surface area contributed by atoms with Crippen LogP contribution in [0.4, 0.5) is 4.79 Å². The largest absolute Gasteiger partial charge is 0.448 e. The molecule has 29 heavy (non-hydrogen) atoms. The van der Waals surface area contributed by atoms with Crippen molar-refractivity contribution in [1.29, 1.82) is 0 Å². The van der Waals surface area contributed by atoms with Gasteiger partial charge in [-0.1, -0.05) is 36.4 Å². The van der Waals surface area contributed by atoms with Gasteiger partial charge in [0.05, 0.1) is 11.1 Å². The molecule has 1 heterocycles. The van der Waals surface area contributed by atoms with Gasteiger partial charge in [0.25, 0.3) is 11.5 Å². The number of nitrogens with one attached hydrogen (secondary N) is 2. The Balaban J connectivity index is 2.01. The predicted molar refractivity (Wildman–Crippen MR) is 105 cm³/mol. The molecule has 2 aromatic carbocycles. The van der Waals surface area contributed by atoms with E-state index in [1.165, 1.54) is 14.0 Å². The summed E-state index contributed by atoms with van der Waals surface area (Å²) in [7, 11) is 1.35. The molecule has 0 aliphatic carbocycles. The number of carbonyl (C=O) groups is 3. The third-order valence-electron chi connectivity index (χ3n) is 4.12. The first kappa shape index (κ1) is 19.7. The zero-order valence-corrected chi connectivity index (χ0v) is 15.7. The number of nitrogens with zero attached hydrogens (tertiary/aromatic N) is 2. The molecule has 0 fully saturated rings. The SMILES string of the molecule is CNC(=O)NC(=O)C(C)OC(=O)c1nn(-c2ccccc2)c(=O)c2ccccc12. The topological polar surface area (TPSA) is 119 Å². The fraction of sp³-hybridized carbons (Fsp3) is 0.150. The Morgan fingerprint density at radius 1 is 1.00 bits per heavy atom. The lowest BCUT2D eigenvalue weighted by Crippen LogP contribution is -2.43. The fourth-order valence-corrected chi connectivity index (χ4v) is 2.63. The Hall–Kier alpha value is -4.01. The van der Waals surface area contributed by atoms with Crippen LogP contribution < -0.4 is 16.2 Å². The maximum atomic E-state index is 12.8. The highest BCUT2D eigenvalue weighted by Crippen LogP contribution is 2.16. The summed E-state index contributed by atoms with van der Waals surface area (Å²) in [5.41, 5.74) is -0.0416. The first-order chi connectivity index (χ1) is 13.9. The molecule has 0 spiro atoms. The molecular weight excluding hydrogens is 376 g/mol. The smallest absolute Gasteiger partial charge is 0.360 e. The van der Waals surface area contributed by atoms with Gasteiger partial charge in [0.2, 0.25) is 0 Å². The van der Waals surface area contributed by atoms with Crippen LogP contribution in [0.15, 0.2) is 59.4 Å². The molecule has 0 saturated heterocycles. The van der Waals surface area contributed by atoms with E-state index < -0.39 is 29.6 Å². The second-order valence-electron chi connectivity index (χ2n) is 6.06. The van der Waals surface area contributed by atoms with Gasteiger partial charge < -0.3 is 10.1 Å². The lowest BCUT2D eigenvalue weighted by molar-refractivity contribution is -0.127. The lowest BCUT2D eigenvalue weighted by atomic mass is 10.1. The zero-order valence-electron chi connectivity index (χ0n) is 15.7. The summed E-state index contributed by atoms with van der Waals surface area (Å²) in [5, 5.41) is 9.01. The van der Waals surface area contributed by atoms with Crippen molar-refractivity contribution in [2.24, 2.45) is 0 Å². The van der Waals surface area contributed by atoms with Crippen LogP contribution in [0.25, 0.3) is 16.5 Å². The molecule has 0 saturated carbocycles. The van der Waals surface area contributed by atoms with Crippen molar-refractivity contribution < 1.29 is 19.1 Å². The number of aromatic nitrogens is 2. The van der Waals surface area contributed by atoms with E-state index in [2.05, 4.69) is 10.4 Å². The quantitative estimate of drug-likeness (QED) is 0.646. The molecular formula is C20H18N4O5. The molecule has 0 aliphatic rings. The summed E-state index contributed by atoms with van der Waals surface area (Å²) in [6, 6.07) is 14.4. The van der Waals surface area contributed by atoms with Crippen LogP contribution in [-0.4, -0.2) is 40.8 Å². The fourth-order valence-electron chi connectivity index (χ4n) is 2.63. The second-order valence-corrected chi connectivity index (χ2v) is 6.06. The van der Waals surface area contributed by atoms with Crippen molar-refractivity contribution in [1.82, 2.24) is 20.4 Å². The number of benzene rings is 2. The molecule has 1 atom stereocenters. The normalized spacial score (nSPS) is 11.5. The number of carbonyl (C=O) groups excluding carboxylic acids is 3. The van der Waals surface area contributed by atoms with Crippen LogP contribution >= 0.6 is 0 Å². The summed E-state index contributed by atoms with van der Waals surface area (Å²) in [6.45, 7) is 1.32. The highest BCUT2D eigenvalue weighted by atomic mass is 16.5. The van der Waals surface area contributed by atoms with Gasteiger partial charge >= 0.3 is 12.0 Å². The number of amides is 3. The van der Waals surface area contributed by atoms with E-state index >= 15 is 0 Å². The average molecular weight is 394 g/mol. The van der Waals surface area contributed by atoms with Crippen LogP contribution in [0.2, 0.25) is 0 Å². The maximum Gasteiger partial charge on any atom is 0.360 e. The second kappa shape index (κ2) is 8.34. The predicted octanol–water partition coefficient (Wildman–Crippen LogP) is 1.39. The van der Waals surface area contributed by atoms with Gasteiger partial charge in [-0.3, -0.25) is 14.9 Å². The third-order valence-corrected chi connectivity index (χ3v) is 4.12. The number of imide groups is 1. The summed E-state index contributed by atoms with van der Waals surface area (Å²) >= 11 is 0. The van der Waals surface area contributed by atoms with Crippen molar-refractivity contribution >= 4 is 28.7 Å². The molecule has 2 N–H and O–H groups in total. The van der Waals surface area contributed by atoms with E-state index in [0.717, 1.165) is 4.68 Å². The Morgan fingerprint density at radius 3 is 2.28 bits per heavy atom. The van der Waals surface area contributed by atoms with Crippen LogP contribution in [0, 0.1) is 0 Å². The van der Waals surface area contributed by atoms with Crippen molar-refractivity contribution in [3.63, 3.8) is 0 Å². The van der Waals surface area contributed by atoms with Gasteiger partial charge in [0.1, 0.15) is 0 Å². The highest BCUT2D eigenvalue weighted by molar-refractivity contribution is 6.03. The number of para-hydroxylation sites is 1. The van der Waals surface area contributed by atoms with Crippen LogP contribution in [0.1, 0.15) is 17.4 Å². The van der Waals surface area contributed by atoms with E-state index in [9.17, 15) is 19.2 Å². The number of fused-ring (bicyclic) bond motifs is 1. The number of hydrogen-bond donors (Lipinski definition) is 2. The number of esters is 1. The molecule has 9 nitrogen and oxygen atoms in total. The monoisotopic (exact) mass is 394 g/mol. The van der Waals surface area contributed by atoms with Crippen molar-refractivity contribution in [3.8, 4) is 5.69 Å². The standard InChI is InChI=1S/C20H18N4O5/c1-12(17(25)22-20(28)21-2)29-19(27)16-14-10-6-7-11-15(14)18(26)24(23-16)13-8-4-3-5-9-13/h3-12H,1-2H3,(H2,21,22,25,28). The summed E-state index contributed by atoms with van der Waals surface area (Å²) in [5.74, 6) is -1.69. The minimum absolute atomic E-state index is 0.122. The molecule has 0 aliphatic heterocycles.